The molecule has 2 rings (SSSR count). The van der Waals surface area contributed by atoms with Gasteiger partial charge in [0.25, 0.3) is 0 Å². The molecule has 0 spiro atoms. The normalized spacial score (nSPS) is 10.1. The number of carboxylic acids is 1. The van der Waals surface area contributed by atoms with Crippen LogP contribution in [0, 0.1) is 6.92 Å². The molecular formula is C13H10ClNO3. The van der Waals surface area contributed by atoms with Crippen molar-refractivity contribution in [1.82, 2.24) is 4.98 Å². The zero-order chi connectivity index (χ0) is 13.1. The first-order valence-electron chi connectivity index (χ1n) is 5.20. The number of carbonyl (C=O) groups is 1. The van der Waals surface area contributed by atoms with Crippen molar-refractivity contribution in [3.8, 4) is 11.6 Å². The van der Waals surface area contributed by atoms with Crippen LogP contribution in [0.1, 0.15) is 16.1 Å². The average Bonchev–Trinajstić information content (AvgIpc) is 2.34. The van der Waals surface area contributed by atoms with E-state index in [1.165, 1.54) is 6.07 Å². The zero-order valence-electron chi connectivity index (χ0n) is 9.55. The van der Waals surface area contributed by atoms with Crippen LogP contribution in [-0.4, -0.2) is 16.1 Å². The molecule has 0 aliphatic rings. The second kappa shape index (κ2) is 5.06. The first-order chi connectivity index (χ1) is 8.56. The number of aryl methyl sites for hydroxylation is 1. The molecular weight excluding hydrogens is 254 g/mol. The monoisotopic (exact) mass is 263 g/mol. The van der Waals surface area contributed by atoms with E-state index in [1.807, 2.05) is 6.92 Å². The third-order valence-corrected chi connectivity index (χ3v) is 2.72. The highest BCUT2D eigenvalue weighted by molar-refractivity contribution is 6.31. The number of halogens is 1. The number of rotatable bonds is 3. The molecule has 1 N–H and O–H groups in total. The van der Waals surface area contributed by atoms with Crippen molar-refractivity contribution in [2.75, 3.05) is 0 Å². The van der Waals surface area contributed by atoms with E-state index in [0.717, 1.165) is 5.56 Å². The van der Waals surface area contributed by atoms with E-state index in [1.54, 1.807) is 30.3 Å². The molecule has 18 heavy (non-hydrogen) atoms. The molecule has 0 bridgehead atoms. The smallest absolute Gasteiger partial charge is 0.354 e. The first-order valence-corrected chi connectivity index (χ1v) is 5.58. The highest BCUT2D eigenvalue weighted by Crippen LogP contribution is 2.24. The number of nitrogens with zero attached hydrogens (tertiary/aromatic N) is 1. The van der Waals surface area contributed by atoms with E-state index in [-0.39, 0.29) is 11.6 Å². The number of aromatic carboxylic acids is 1. The summed E-state index contributed by atoms with van der Waals surface area (Å²) in [6, 6.07) is 9.75. The third kappa shape index (κ3) is 2.78. The predicted molar refractivity (Wildman–Crippen MR) is 67.5 cm³/mol. The van der Waals surface area contributed by atoms with E-state index in [4.69, 9.17) is 21.4 Å². The summed E-state index contributed by atoms with van der Waals surface area (Å²) < 4.78 is 5.47. The lowest BCUT2D eigenvalue weighted by Crippen LogP contribution is -2.00. The van der Waals surface area contributed by atoms with Crippen LogP contribution in [0.5, 0.6) is 11.6 Å². The number of pyridine rings is 1. The number of hydrogen-bond acceptors (Lipinski definition) is 3. The lowest BCUT2D eigenvalue weighted by atomic mass is 10.2. The van der Waals surface area contributed by atoms with Crippen LogP contribution < -0.4 is 4.74 Å². The van der Waals surface area contributed by atoms with Gasteiger partial charge in [-0.25, -0.2) is 9.78 Å². The number of hydrogen-bond donors (Lipinski definition) is 1. The van der Waals surface area contributed by atoms with E-state index in [2.05, 4.69) is 4.98 Å². The van der Waals surface area contributed by atoms with Crippen molar-refractivity contribution in [3.63, 3.8) is 0 Å². The molecule has 0 atom stereocenters. The SMILES string of the molecule is Cc1cc(Oc2cccc(C(=O)O)n2)ccc1Cl. The molecule has 0 aliphatic heterocycles. The molecule has 1 heterocycles. The molecule has 2 aromatic rings. The van der Waals surface area contributed by atoms with Gasteiger partial charge in [0.15, 0.2) is 5.69 Å². The molecule has 5 heteroatoms. The number of ether oxygens (including phenoxy) is 1. The molecule has 0 fully saturated rings. The Balaban J connectivity index is 2.25. The summed E-state index contributed by atoms with van der Waals surface area (Å²) >= 11 is 5.90. The Morgan fingerprint density at radius 2 is 2.11 bits per heavy atom. The van der Waals surface area contributed by atoms with Crippen molar-refractivity contribution in [1.29, 1.82) is 0 Å². The van der Waals surface area contributed by atoms with Gasteiger partial charge in [-0.15, -0.1) is 0 Å². The molecule has 92 valence electrons. The van der Waals surface area contributed by atoms with Gasteiger partial charge in [0.2, 0.25) is 5.88 Å². The summed E-state index contributed by atoms with van der Waals surface area (Å²) in [6.45, 7) is 1.86. The van der Waals surface area contributed by atoms with Gasteiger partial charge in [0.1, 0.15) is 5.75 Å². The molecule has 1 aromatic heterocycles. The Morgan fingerprint density at radius 1 is 1.33 bits per heavy atom. The van der Waals surface area contributed by atoms with Gasteiger partial charge in [-0.3, -0.25) is 0 Å². The van der Waals surface area contributed by atoms with Crippen LogP contribution in [0.15, 0.2) is 36.4 Å². The van der Waals surface area contributed by atoms with Gasteiger partial charge < -0.3 is 9.84 Å². The van der Waals surface area contributed by atoms with Crippen LogP contribution in [0.25, 0.3) is 0 Å². The van der Waals surface area contributed by atoms with E-state index in [9.17, 15) is 4.79 Å². The fourth-order valence-electron chi connectivity index (χ4n) is 1.39. The van der Waals surface area contributed by atoms with E-state index < -0.39 is 5.97 Å². The van der Waals surface area contributed by atoms with E-state index in [0.29, 0.717) is 10.8 Å². The molecule has 0 radical (unpaired) electrons. The van der Waals surface area contributed by atoms with Crippen LogP contribution in [-0.2, 0) is 0 Å². The molecule has 0 amide bonds. The lowest BCUT2D eigenvalue weighted by molar-refractivity contribution is 0.0689. The number of benzene rings is 1. The molecule has 4 nitrogen and oxygen atoms in total. The standard InChI is InChI=1S/C13H10ClNO3/c1-8-7-9(5-6-10(8)14)18-12-4-2-3-11(15-12)13(16)17/h2-7H,1H3,(H,16,17). The summed E-state index contributed by atoms with van der Waals surface area (Å²) in [6.07, 6.45) is 0. The largest absolute Gasteiger partial charge is 0.477 e. The minimum Gasteiger partial charge on any atom is -0.477 e. The molecule has 1 aromatic carbocycles. The Bertz CT molecular complexity index is 599. The quantitative estimate of drug-likeness (QED) is 0.920. The van der Waals surface area contributed by atoms with E-state index >= 15 is 0 Å². The molecule has 0 saturated carbocycles. The fraction of sp³-hybridized carbons (Fsp3) is 0.0769. The number of aromatic nitrogens is 1. The molecule has 0 unspecified atom stereocenters. The second-order valence-corrected chi connectivity index (χ2v) is 4.09. The topological polar surface area (TPSA) is 59.4 Å². The summed E-state index contributed by atoms with van der Waals surface area (Å²) in [5.74, 6) is -0.295. The summed E-state index contributed by atoms with van der Waals surface area (Å²) in [5, 5.41) is 9.47. The minimum atomic E-state index is -1.09. The minimum absolute atomic E-state index is 0.0572. The Kier molecular flexibility index (Phi) is 3.48. The van der Waals surface area contributed by atoms with Gasteiger partial charge in [0.05, 0.1) is 0 Å². The fourth-order valence-corrected chi connectivity index (χ4v) is 1.51. The summed E-state index contributed by atoms with van der Waals surface area (Å²) in [5.41, 5.74) is 0.821. The van der Waals surface area contributed by atoms with Crippen molar-refractivity contribution in [2.45, 2.75) is 6.92 Å². The Labute approximate surface area is 109 Å². The van der Waals surface area contributed by atoms with Gasteiger partial charge in [-0.05, 0) is 36.8 Å². The lowest BCUT2D eigenvalue weighted by Gasteiger charge is -2.06. The van der Waals surface area contributed by atoms with Gasteiger partial charge in [-0.1, -0.05) is 17.7 Å². The summed E-state index contributed by atoms with van der Waals surface area (Å²) in [7, 11) is 0. The van der Waals surface area contributed by atoms with Gasteiger partial charge >= 0.3 is 5.97 Å². The van der Waals surface area contributed by atoms with Crippen LogP contribution in [0.2, 0.25) is 5.02 Å². The highest BCUT2D eigenvalue weighted by atomic mass is 35.5. The molecule has 0 aliphatic carbocycles. The maximum absolute atomic E-state index is 10.8. The Hall–Kier alpha value is -2.07. The summed E-state index contributed by atoms with van der Waals surface area (Å²) in [4.78, 5) is 14.6. The van der Waals surface area contributed by atoms with Crippen molar-refractivity contribution >= 4 is 17.6 Å². The predicted octanol–water partition coefficient (Wildman–Crippen LogP) is 3.53. The third-order valence-electron chi connectivity index (χ3n) is 2.29. The Morgan fingerprint density at radius 3 is 2.78 bits per heavy atom. The maximum Gasteiger partial charge on any atom is 0.354 e. The maximum atomic E-state index is 10.8. The van der Waals surface area contributed by atoms with Gasteiger partial charge in [0, 0.05) is 11.1 Å². The van der Waals surface area contributed by atoms with Crippen molar-refractivity contribution in [3.05, 3.63) is 52.7 Å². The van der Waals surface area contributed by atoms with Crippen molar-refractivity contribution < 1.29 is 14.6 Å². The number of carboxylic acid groups (broad SMARTS) is 1. The van der Waals surface area contributed by atoms with Crippen LogP contribution >= 0.6 is 11.6 Å². The van der Waals surface area contributed by atoms with Crippen LogP contribution in [0.3, 0.4) is 0 Å². The highest BCUT2D eigenvalue weighted by Gasteiger charge is 2.07. The first kappa shape index (κ1) is 12.4. The zero-order valence-corrected chi connectivity index (χ0v) is 10.3. The second-order valence-electron chi connectivity index (χ2n) is 3.68. The van der Waals surface area contributed by atoms with Crippen molar-refractivity contribution in [2.24, 2.45) is 0 Å². The molecule has 0 saturated heterocycles. The van der Waals surface area contributed by atoms with Gasteiger partial charge in [-0.2, -0.15) is 0 Å². The average molecular weight is 264 g/mol. The van der Waals surface area contributed by atoms with Crippen LogP contribution in [0.4, 0.5) is 0 Å².